The lowest BCUT2D eigenvalue weighted by Gasteiger charge is -2.34. The highest BCUT2D eigenvalue weighted by Gasteiger charge is 2.59. The molecule has 23 heavy (non-hydrogen) atoms. The zero-order valence-corrected chi connectivity index (χ0v) is 14.9. The summed E-state index contributed by atoms with van der Waals surface area (Å²) in [5.74, 6) is 1.06. The van der Waals surface area contributed by atoms with E-state index in [1.165, 1.54) is 24.1 Å². The predicted molar refractivity (Wildman–Crippen MR) is 94.7 cm³/mol. The van der Waals surface area contributed by atoms with Crippen molar-refractivity contribution in [2.24, 2.45) is 21.8 Å². The van der Waals surface area contributed by atoms with Crippen molar-refractivity contribution in [3.8, 4) is 0 Å². The average Bonchev–Trinajstić information content (AvgIpc) is 2.85. The van der Waals surface area contributed by atoms with Gasteiger partial charge in [-0.3, -0.25) is 4.79 Å². The lowest BCUT2D eigenvalue weighted by molar-refractivity contribution is 0.0954. The summed E-state index contributed by atoms with van der Waals surface area (Å²) in [7, 11) is 0. The molecule has 124 valence electrons. The summed E-state index contributed by atoms with van der Waals surface area (Å²) in [6, 6.07) is 7.82. The standard InChI is InChI=1S/C20H28N2O/c1-13(2)14-6-8-15(9-7-14)18(23)22-21-17-12-16-10-11-20(17,5)19(16,3)4/h6-9,13,16H,10-12H2,1-5H3,(H,22,23)/b21-17-/t16-,20-/m1/s1. The van der Waals surface area contributed by atoms with E-state index in [9.17, 15) is 4.79 Å². The number of hydrogen-bond donors (Lipinski definition) is 1. The van der Waals surface area contributed by atoms with E-state index >= 15 is 0 Å². The van der Waals surface area contributed by atoms with Crippen LogP contribution in [0.5, 0.6) is 0 Å². The SMILES string of the molecule is CC(C)c1ccc(C(=O)N/N=C2/C[C@H]3CC[C@@]2(C)C3(C)C)cc1. The summed E-state index contributed by atoms with van der Waals surface area (Å²) in [6.45, 7) is 11.3. The lowest BCUT2D eigenvalue weighted by Crippen LogP contribution is -2.34. The molecule has 2 saturated carbocycles. The van der Waals surface area contributed by atoms with Crippen molar-refractivity contribution in [3.05, 3.63) is 35.4 Å². The van der Waals surface area contributed by atoms with Crippen LogP contribution in [0.25, 0.3) is 0 Å². The Hall–Kier alpha value is -1.64. The molecular weight excluding hydrogens is 284 g/mol. The number of hydrogen-bond acceptors (Lipinski definition) is 2. The molecule has 0 unspecified atom stereocenters. The van der Waals surface area contributed by atoms with Crippen LogP contribution in [-0.4, -0.2) is 11.6 Å². The van der Waals surface area contributed by atoms with Gasteiger partial charge in [0.25, 0.3) is 5.91 Å². The lowest BCUT2D eigenvalue weighted by atomic mass is 9.70. The third-order valence-electron chi connectivity index (χ3n) is 6.64. The fourth-order valence-electron chi connectivity index (χ4n) is 4.30. The maximum absolute atomic E-state index is 12.3. The number of hydrazone groups is 1. The van der Waals surface area contributed by atoms with E-state index in [0.717, 1.165) is 6.42 Å². The zero-order chi connectivity index (χ0) is 16.8. The van der Waals surface area contributed by atoms with E-state index in [0.29, 0.717) is 17.4 Å². The van der Waals surface area contributed by atoms with Crippen molar-refractivity contribution < 1.29 is 4.79 Å². The highest BCUT2D eigenvalue weighted by molar-refractivity contribution is 5.98. The van der Waals surface area contributed by atoms with E-state index in [2.05, 4.69) is 45.1 Å². The maximum Gasteiger partial charge on any atom is 0.271 e. The number of nitrogens with one attached hydrogen (secondary N) is 1. The van der Waals surface area contributed by atoms with E-state index in [1.807, 2.05) is 24.3 Å². The molecule has 2 aliphatic rings. The van der Waals surface area contributed by atoms with Gasteiger partial charge in [0.05, 0.1) is 0 Å². The number of amides is 1. The molecule has 3 nitrogen and oxygen atoms in total. The molecule has 0 radical (unpaired) electrons. The third kappa shape index (κ3) is 2.50. The van der Waals surface area contributed by atoms with E-state index < -0.39 is 0 Å². The molecule has 3 heteroatoms. The Labute approximate surface area is 139 Å². The van der Waals surface area contributed by atoms with Crippen molar-refractivity contribution in [1.82, 2.24) is 5.43 Å². The molecule has 0 saturated heterocycles. The minimum absolute atomic E-state index is 0.114. The van der Waals surface area contributed by atoms with E-state index in [1.54, 1.807) is 0 Å². The van der Waals surface area contributed by atoms with Crippen molar-refractivity contribution in [2.45, 2.75) is 59.8 Å². The van der Waals surface area contributed by atoms with Crippen LogP contribution in [0.15, 0.2) is 29.4 Å². The first-order chi connectivity index (χ1) is 10.8. The Kier molecular flexibility index (Phi) is 3.86. The van der Waals surface area contributed by atoms with Crippen LogP contribution in [0.2, 0.25) is 0 Å². The molecule has 1 aromatic rings. The van der Waals surface area contributed by atoms with Crippen LogP contribution in [0.3, 0.4) is 0 Å². The number of carbonyl (C=O) groups excluding carboxylic acids is 1. The van der Waals surface area contributed by atoms with E-state index in [-0.39, 0.29) is 16.7 Å². The monoisotopic (exact) mass is 312 g/mol. The first-order valence-corrected chi connectivity index (χ1v) is 8.73. The van der Waals surface area contributed by atoms with Crippen molar-refractivity contribution in [1.29, 1.82) is 0 Å². The largest absolute Gasteiger partial charge is 0.271 e. The van der Waals surface area contributed by atoms with Gasteiger partial charge in [0.2, 0.25) is 0 Å². The van der Waals surface area contributed by atoms with Gasteiger partial charge >= 0.3 is 0 Å². The molecule has 1 amide bonds. The summed E-state index contributed by atoms with van der Waals surface area (Å²) in [5, 5.41) is 4.52. The fraction of sp³-hybridized carbons (Fsp3) is 0.600. The molecule has 0 aromatic heterocycles. The summed E-state index contributed by atoms with van der Waals surface area (Å²) in [4.78, 5) is 12.3. The number of fused-ring (bicyclic) bond motifs is 2. The van der Waals surface area contributed by atoms with Gasteiger partial charge in [-0.15, -0.1) is 0 Å². The molecule has 2 atom stereocenters. The topological polar surface area (TPSA) is 41.5 Å². The highest BCUT2D eigenvalue weighted by atomic mass is 16.2. The second-order valence-corrected chi connectivity index (χ2v) is 8.27. The van der Waals surface area contributed by atoms with Gasteiger partial charge in [-0.2, -0.15) is 5.10 Å². The molecule has 1 N–H and O–H groups in total. The molecule has 0 aliphatic heterocycles. The maximum atomic E-state index is 12.3. The van der Waals surface area contributed by atoms with Crippen LogP contribution in [0.1, 0.15) is 75.7 Å². The van der Waals surface area contributed by atoms with Gasteiger partial charge in [-0.25, -0.2) is 5.43 Å². The fourth-order valence-corrected chi connectivity index (χ4v) is 4.30. The molecule has 0 heterocycles. The van der Waals surface area contributed by atoms with Crippen molar-refractivity contribution in [3.63, 3.8) is 0 Å². The molecule has 2 aliphatic carbocycles. The zero-order valence-electron chi connectivity index (χ0n) is 14.9. The minimum Gasteiger partial charge on any atom is -0.267 e. The quantitative estimate of drug-likeness (QED) is 0.805. The van der Waals surface area contributed by atoms with Gasteiger partial charge in [-0.1, -0.05) is 46.8 Å². The smallest absolute Gasteiger partial charge is 0.267 e. The minimum atomic E-state index is -0.114. The molecule has 0 spiro atoms. The third-order valence-corrected chi connectivity index (χ3v) is 6.64. The molecule has 2 fully saturated rings. The molecule has 2 bridgehead atoms. The second-order valence-electron chi connectivity index (χ2n) is 8.27. The summed E-state index contributed by atoms with van der Waals surface area (Å²) >= 11 is 0. The number of nitrogens with zero attached hydrogens (tertiary/aromatic N) is 1. The predicted octanol–water partition coefficient (Wildman–Crippen LogP) is 4.74. The Morgan fingerprint density at radius 3 is 2.35 bits per heavy atom. The average molecular weight is 312 g/mol. The van der Waals surface area contributed by atoms with Crippen molar-refractivity contribution in [2.75, 3.05) is 0 Å². The van der Waals surface area contributed by atoms with Crippen LogP contribution in [-0.2, 0) is 0 Å². The number of benzene rings is 1. The first-order valence-electron chi connectivity index (χ1n) is 8.73. The Morgan fingerprint density at radius 2 is 1.87 bits per heavy atom. The number of rotatable bonds is 3. The van der Waals surface area contributed by atoms with Gasteiger partial charge in [0.15, 0.2) is 0 Å². The van der Waals surface area contributed by atoms with Gasteiger partial charge in [0.1, 0.15) is 0 Å². The number of carbonyl (C=O) groups is 1. The Balaban J connectivity index is 1.72. The van der Waals surface area contributed by atoms with Crippen LogP contribution in [0, 0.1) is 16.7 Å². The van der Waals surface area contributed by atoms with Gasteiger partial charge in [0, 0.05) is 16.7 Å². The van der Waals surface area contributed by atoms with E-state index in [4.69, 9.17) is 0 Å². The van der Waals surface area contributed by atoms with Crippen LogP contribution in [0.4, 0.5) is 0 Å². The highest BCUT2D eigenvalue weighted by Crippen LogP contribution is 2.63. The van der Waals surface area contributed by atoms with Gasteiger partial charge < -0.3 is 0 Å². The molecule has 3 rings (SSSR count). The van der Waals surface area contributed by atoms with Crippen molar-refractivity contribution >= 4 is 11.6 Å². The normalized spacial score (nSPS) is 30.2. The second kappa shape index (κ2) is 5.47. The summed E-state index contributed by atoms with van der Waals surface area (Å²) in [6.07, 6.45) is 3.49. The first kappa shape index (κ1) is 16.2. The molecule has 1 aromatic carbocycles. The summed E-state index contributed by atoms with van der Waals surface area (Å²) in [5.41, 5.74) is 6.30. The Morgan fingerprint density at radius 1 is 1.22 bits per heavy atom. The molecular formula is C20H28N2O. The summed E-state index contributed by atoms with van der Waals surface area (Å²) < 4.78 is 0. The Bertz CT molecular complexity index is 642. The van der Waals surface area contributed by atoms with Crippen LogP contribution >= 0.6 is 0 Å². The van der Waals surface area contributed by atoms with Crippen LogP contribution < -0.4 is 5.43 Å². The van der Waals surface area contributed by atoms with Gasteiger partial charge in [-0.05, 0) is 54.2 Å².